The molecule has 1 fully saturated rings. The number of rotatable bonds is 2. The molecular formula is C9H13ClO4. The normalized spacial score (nSPS) is 34.4. The molecule has 5 heteroatoms. The highest BCUT2D eigenvalue weighted by molar-refractivity contribution is 6.22. The standard InChI is InChI=1S/C9H13ClO4/c1-4(11)7(10)3-6-8(12)5(2)14-9(6)13/h3-5,7-8,11-12H,1-2H3/b6-3+/t4-,5-,7-,8+/m1/s1. The van der Waals surface area contributed by atoms with E-state index in [9.17, 15) is 9.90 Å². The number of esters is 1. The third-order valence-corrected chi connectivity index (χ3v) is 2.58. The molecule has 80 valence electrons. The Kier molecular flexibility index (Phi) is 3.53. The summed E-state index contributed by atoms with van der Waals surface area (Å²) in [5.74, 6) is -0.573. The van der Waals surface area contributed by atoms with E-state index in [2.05, 4.69) is 0 Å². The highest BCUT2D eigenvalue weighted by Gasteiger charge is 2.36. The maximum Gasteiger partial charge on any atom is 0.336 e. The molecule has 1 saturated heterocycles. The van der Waals surface area contributed by atoms with Gasteiger partial charge in [0.25, 0.3) is 0 Å². The lowest BCUT2D eigenvalue weighted by molar-refractivity contribution is -0.138. The fourth-order valence-electron chi connectivity index (χ4n) is 1.15. The molecule has 1 heterocycles. The van der Waals surface area contributed by atoms with Crippen LogP contribution in [0.15, 0.2) is 11.6 Å². The van der Waals surface area contributed by atoms with Crippen LogP contribution in [0.5, 0.6) is 0 Å². The topological polar surface area (TPSA) is 66.8 Å². The summed E-state index contributed by atoms with van der Waals surface area (Å²) in [6, 6.07) is 0. The number of hydrogen-bond acceptors (Lipinski definition) is 4. The zero-order valence-corrected chi connectivity index (χ0v) is 8.73. The molecule has 0 radical (unpaired) electrons. The molecule has 4 atom stereocenters. The lowest BCUT2D eigenvalue weighted by Crippen LogP contribution is -2.21. The predicted octanol–water partition coefficient (Wildman–Crippen LogP) is 0.207. The van der Waals surface area contributed by atoms with Crippen LogP contribution in [0.3, 0.4) is 0 Å². The number of cyclic esters (lactones) is 1. The molecule has 0 aromatic rings. The lowest BCUT2D eigenvalue weighted by Gasteiger charge is -2.09. The largest absolute Gasteiger partial charge is 0.456 e. The van der Waals surface area contributed by atoms with E-state index in [-0.39, 0.29) is 5.57 Å². The van der Waals surface area contributed by atoms with E-state index in [0.29, 0.717) is 0 Å². The van der Waals surface area contributed by atoms with Crippen molar-refractivity contribution < 1.29 is 19.7 Å². The van der Waals surface area contributed by atoms with Crippen molar-refractivity contribution in [3.8, 4) is 0 Å². The molecule has 0 aromatic heterocycles. The molecule has 14 heavy (non-hydrogen) atoms. The van der Waals surface area contributed by atoms with Gasteiger partial charge in [-0.1, -0.05) is 6.08 Å². The molecule has 1 aliphatic heterocycles. The van der Waals surface area contributed by atoms with Crippen molar-refractivity contribution in [3.05, 3.63) is 11.6 Å². The number of alkyl halides is 1. The van der Waals surface area contributed by atoms with Gasteiger partial charge in [-0.15, -0.1) is 11.6 Å². The van der Waals surface area contributed by atoms with Gasteiger partial charge in [0, 0.05) is 0 Å². The van der Waals surface area contributed by atoms with Crippen LogP contribution in [0.2, 0.25) is 0 Å². The first-order chi connectivity index (χ1) is 6.43. The Hall–Kier alpha value is -0.580. The van der Waals surface area contributed by atoms with E-state index in [1.807, 2.05) is 0 Å². The summed E-state index contributed by atoms with van der Waals surface area (Å²) >= 11 is 5.73. The van der Waals surface area contributed by atoms with Crippen LogP contribution < -0.4 is 0 Å². The summed E-state index contributed by atoms with van der Waals surface area (Å²) in [5.41, 5.74) is 0.124. The maximum absolute atomic E-state index is 11.2. The van der Waals surface area contributed by atoms with Gasteiger partial charge in [-0.25, -0.2) is 4.79 Å². The van der Waals surface area contributed by atoms with E-state index in [1.165, 1.54) is 13.0 Å². The number of aliphatic hydroxyl groups excluding tert-OH is 2. The molecule has 2 N–H and O–H groups in total. The summed E-state index contributed by atoms with van der Waals surface area (Å²) < 4.78 is 4.77. The van der Waals surface area contributed by atoms with Gasteiger partial charge >= 0.3 is 5.97 Å². The minimum atomic E-state index is -0.956. The zero-order valence-electron chi connectivity index (χ0n) is 7.98. The average molecular weight is 221 g/mol. The molecule has 0 saturated carbocycles. The van der Waals surface area contributed by atoms with Crippen molar-refractivity contribution in [1.29, 1.82) is 0 Å². The third-order valence-electron chi connectivity index (χ3n) is 2.09. The van der Waals surface area contributed by atoms with Gasteiger partial charge in [0.2, 0.25) is 0 Å². The number of ether oxygens (including phenoxy) is 1. The van der Waals surface area contributed by atoms with Crippen molar-refractivity contribution >= 4 is 17.6 Å². The SMILES string of the molecule is C[C@@H](O)[C@H](Cl)/C=C1/C(=O)O[C@H](C)[C@@H]1O. The van der Waals surface area contributed by atoms with Gasteiger partial charge in [-0.2, -0.15) is 0 Å². The Labute approximate surface area is 87.1 Å². The molecule has 0 unspecified atom stereocenters. The number of halogens is 1. The minimum absolute atomic E-state index is 0.124. The number of hydrogen-bond donors (Lipinski definition) is 2. The Morgan fingerprint density at radius 3 is 2.57 bits per heavy atom. The van der Waals surface area contributed by atoms with Gasteiger partial charge in [-0.3, -0.25) is 0 Å². The molecule has 0 spiro atoms. The summed E-state index contributed by atoms with van der Waals surface area (Å²) in [6.07, 6.45) is -0.947. The maximum atomic E-state index is 11.2. The second kappa shape index (κ2) is 4.29. The monoisotopic (exact) mass is 220 g/mol. The van der Waals surface area contributed by atoms with Crippen LogP contribution in [0.1, 0.15) is 13.8 Å². The van der Waals surface area contributed by atoms with Crippen LogP contribution in [-0.2, 0) is 9.53 Å². The molecule has 1 aliphatic rings. The van der Waals surface area contributed by atoms with Gasteiger partial charge in [0.05, 0.1) is 17.1 Å². The fourth-order valence-corrected chi connectivity index (χ4v) is 1.29. The molecule has 0 amide bonds. The average Bonchev–Trinajstić information content (AvgIpc) is 2.32. The van der Waals surface area contributed by atoms with E-state index in [0.717, 1.165) is 0 Å². The molecular weight excluding hydrogens is 208 g/mol. The van der Waals surface area contributed by atoms with E-state index in [1.54, 1.807) is 6.92 Å². The van der Waals surface area contributed by atoms with Gasteiger partial charge < -0.3 is 14.9 Å². The second-order valence-electron chi connectivity index (χ2n) is 3.36. The zero-order chi connectivity index (χ0) is 10.9. The van der Waals surface area contributed by atoms with Gasteiger partial charge in [-0.05, 0) is 13.8 Å². The van der Waals surface area contributed by atoms with E-state index >= 15 is 0 Å². The number of carbonyl (C=O) groups is 1. The van der Waals surface area contributed by atoms with Crippen molar-refractivity contribution in [2.45, 2.75) is 37.5 Å². The van der Waals surface area contributed by atoms with Crippen LogP contribution in [0.25, 0.3) is 0 Å². The van der Waals surface area contributed by atoms with Crippen molar-refractivity contribution in [3.63, 3.8) is 0 Å². The third kappa shape index (κ3) is 2.26. The summed E-state index contributed by atoms with van der Waals surface area (Å²) in [4.78, 5) is 11.2. The summed E-state index contributed by atoms with van der Waals surface area (Å²) in [5, 5.41) is 17.9. The second-order valence-corrected chi connectivity index (χ2v) is 3.87. The highest BCUT2D eigenvalue weighted by Crippen LogP contribution is 2.22. The van der Waals surface area contributed by atoms with Gasteiger partial charge in [0.15, 0.2) is 0 Å². The van der Waals surface area contributed by atoms with Crippen molar-refractivity contribution in [1.82, 2.24) is 0 Å². The van der Waals surface area contributed by atoms with E-state index < -0.39 is 29.7 Å². The Balaban J connectivity index is 2.81. The first-order valence-electron chi connectivity index (χ1n) is 4.36. The molecule has 0 bridgehead atoms. The van der Waals surface area contributed by atoms with Crippen LogP contribution >= 0.6 is 11.6 Å². The first-order valence-corrected chi connectivity index (χ1v) is 4.80. The Morgan fingerprint density at radius 1 is 1.64 bits per heavy atom. The summed E-state index contributed by atoms with van der Waals surface area (Å²) in [7, 11) is 0. The Morgan fingerprint density at radius 2 is 2.21 bits per heavy atom. The molecule has 0 aliphatic carbocycles. The molecule has 4 nitrogen and oxygen atoms in total. The predicted molar refractivity (Wildman–Crippen MR) is 51.0 cm³/mol. The van der Waals surface area contributed by atoms with Crippen LogP contribution in [0.4, 0.5) is 0 Å². The van der Waals surface area contributed by atoms with Crippen LogP contribution in [0, 0.1) is 0 Å². The minimum Gasteiger partial charge on any atom is -0.456 e. The molecule has 0 aromatic carbocycles. The highest BCUT2D eigenvalue weighted by atomic mass is 35.5. The van der Waals surface area contributed by atoms with Gasteiger partial charge in [0.1, 0.15) is 12.2 Å². The van der Waals surface area contributed by atoms with Crippen molar-refractivity contribution in [2.24, 2.45) is 0 Å². The molecule has 1 rings (SSSR count). The van der Waals surface area contributed by atoms with E-state index in [4.69, 9.17) is 21.4 Å². The van der Waals surface area contributed by atoms with Crippen LogP contribution in [-0.4, -0.2) is 39.9 Å². The smallest absolute Gasteiger partial charge is 0.336 e. The first kappa shape index (κ1) is 11.5. The van der Waals surface area contributed by atoms with Crippen molar-refractivity contribution in [2.75, 3.05) is 0 Å². The lowest BCUT2D eigenvalue weighted by atomic mass is 10.1. The number of carbonyl (C=O) groups excluding carboxylic acids is 1. The Bertz CT molecular complexity index is 262. The fraction of sp³-hybridized carbons (Fsp3) is 0.667. The summed E-state index contributed by atoms with van der Waals surface area (Å²) in [6.45, 7) is 3.10. The quantitative estimate of drug-likeness (QED) is 0.397. The number of aliphatic hydroxyl groups is 2.